The molecule has 336 valence electrons. The lowest BCUT2D eigenvalue weighted by Crippen LogP contribution is -2.53. The molecule has 3 fully saturated rings. The Balaban J connectivity index is 0.743. The van der Waals surface area contributed by atoms with Crippen LogP contribution < -0.4 is 36.5 Å². The number of hydrazine groups is 1. The monoisotopic (exact) mass is 892 g/mol. The molecule has 17 heteroatoms. The van der Waals surface area contributed by atoms with E-state index in [0.717, 1.165) is 111 Å². The Hall–Kier alpha value is -6.50. The number of likely N-dealkylation sites (N-methyl/N-ethyl adjacent to an activating group) is 1. The summed E-state index contributed by atoms with van der Waals surface area (Å²) in [6.07, 6.45) is 3.62. The first kappa shape index (κ1) is 43.7. The predicted molar refractivity (Wildman–Crippen MR) is 262 cm³/mol. The maximum atomic E-state index is 13.5. The zero-order valence-electron chi connectivity index (χ0n) is 37.1. The van der Waals surface area contributed by atoms with E-state index in [1.54, 1.807) is 18.1 Å². The average molecular weight is 893 g/mol. The highest BCUT2D eigenvalue weighted by atomic mass is 32.2. The minimum Gasteiger partial charge on any atom is -0.379 e. The van der Waals surface area contributed by atoms with Crippen molar-refractivity contribution in [1.82, 2.24) is 39.6 Å². The van der Waals surface area contributed by atoms with Crippen LogP contribution in [0.2, 0.25) is 0 Å². The van der Waals surface area contributed by atoms with Gasteiger partial charge in [0.25, 0.3) is 5.91 Å². The van der Waals surface area contributed by atoms with Crippen LogP contribution in [0.15, 0.2) is 114 Å². The second-order valence-corrected chi connectivity index (χ2v) is 17.7. The summed E-state index contributed by atoms with van der Waals surface area (Å²) >= 11 is 1.75. The van der Waals surface area contributed by atoms with Gasteiger partial charge in [-0.3, -0.25) is 10.2 Å². The highest BCUT2D eigenvalue weighted by Gasteiger charge is 2.21. The standard InChI is InChI=1S/C48H56N14O2S/c1-34-32-49-47(53-37-10-14-41(15-11-37)59-20-18-58(3)19-21-59)55-44(34)51-39-7-4-6-36(30-39)46(63)57-61-24-22-60(23-25-61)42-16-12-38(13-17-42)54-48-50-33-35(2)45(56-48)52-40-8-5-9-43(31-40)65-62-26-28-64-29-27-62/h4-17,30-33H,18-29H2,1-3H3,(H,57,63)(H2,49,51,53,55)(H2,50,52,54,56). The number of aromatic nitrogens is 4. The minimum atomic E-state index is -0.160. The first-order chi connectivity index (χ1) is 31.8. The first-order valence-electron chi connectivity index (χ1n) is 22.2. The lowest BCUT2D eigenvalue weighted by Gasteiger charge is -2.36. The van der Waals surface area contributed by atoms with Crippen LogP contribution in [-0.4, -0.2) is 126 Å². The third-order valence-electron chi connectivity index (χ3n) is 11.7. The summed E-state index contributed by atoms with van der Waals surface area (Å²) in [5.41, 5.74) is 11.4. The van der Waals surface area contributed by atoms with Crippen LogP contribution in [0.4, 0.5) is 57.7 Å². The SMILES string of the molecule is Cc1cnc(Nc2ccc(N3CCN(NC(=O)c4cccc(Nc5nc(Nc6ccc(N7CCN(C)CC7)cc6)ncc5C)c4)CC3)cc2)nc1Nc1cccc(SN2CCOCC2)c1. The van der Waals surface area contributed by atoms with Gasteiger partial charge >= 0.3 is 0 Å². The van der Waals surface area contributed by atoms with Gasteiger partial charge in [0.05, 0.1) is 13.2 Å². The van der Waals surface area contributed by atoms with Crippen molar-refractivity contribution in [1.29, 1.82) is 0 Å². The van der Waals surface area contributed by atoms with Gasteiger partial charge in [0.2, 0.25) is 11.9 Å². The average Bonchev–Trinajstić information content (AvgIpc) is 3.33. The second-order valence-electron chi connectivity index (χ2n) is 16.5. The number of morpholine rings is 1. The van der Waals surface area contributed by atoms with Gasteiger partial charge in [-0.05, 0) is 118 Å². The van der Waals surface area contributed by atoms with Gasteiger partial charge in [0, 0.05) is 134 Å². The fourth-order valence-electron chi connectivity index (χ4n) is 7.81. The van der Waals surface area contributed by atoms with Crippen LogP contribution in [0.3, 0.4) is 0 Å². The number of nitrogens with one attached hydrogen (secondary N) is 5. The van der Waals surface area contributed by atoms with Gasteiger partial charge in [-0.2, -0.15) is 9.97 Å². The van der Waals surface area contributed by atoms with Crippen molar-refractivity contribution in [3.63, 3.8) is 0 Å². The number of benzene rings is 4. The van der Waals surface area contributed by atoms with Crippen LogP contribution in [0.5, 0.6) is 0 Å². The maximum Gasteiger partial charge on any atom is 0.265 e. The van der Waals surface area contributed by atoms with E-state index in [9.17, 15) is 4.79 Å². The Morgan fingerprint density at radius 3 is 1.68 bits per heavy atom. The summed E-state index contributed by atoms with van der Waals surface area (Å²) in [5, 5.41) is 15.6. The fourth-order valence-corrected chi connectivity index (χ4v) is 8.75. The molecule has 0 aliphatic carbocycles. The number of piperazine rings is 2. The van der Waals surface area contributed by atoms with E-state index >= 15 is 0 Å². The molecular formula is C48H56N14O2S. The molecule has 0 unspecified atom stereocenters. The molecule has 9 rings (SSSR count). The number of nitrogens with zero attached hydrogens (tertiary/aromatic N) is 9. The maximum absolute atomic E-state index is 13.5. The molecule has 3 aliphatic rings. The van der Waals surface area contributed by atoms with Crippen molar-refractivity contribution in [3.05, 3.63) is 126 Å². The fraction of sp³-hybridized carbons (Fsp3) is 0.312. The van der Waals surface area contributed by atoms with Gasteiger partial charge in [-0.15, -0.1) is 0 Å². The first-order valence-corrected chi connectivity index (χ1v) is 22.9. The number of aryl methyl sites for hydroxylation is 2. The molecule has 0 saturated carbocycles. The number of carbonyl (C=O) groups is 1. The molecule has 0 spiro atoms. The van der Waals surface area contributed by atoms with Gasteiger partial charge in [0.1, 0.15) is 11.6 Å². The van der Waals surface area contributed by atoms with Crippen LogP contribution in [0, 0.1) is 13.8 Å². The van der Waals surface area contributed by atoms with Crippen molar-refractivity contribution in [3.8, 4) is 0 Å². The van der Waals surface area contributed by atoms with E-state index < -0.39 is 0 Å². The molecule has 6 aromatic rings. The van der Waals surface area contributed by atoms with Crippen LogP contribution >= 0.6 is 11.9 Å². The molecule has 4 aromatic carbocycles. The van der Waals surface area contributed by atoms with E-state index in [1.165, 1.54) is 10.6 Å². The Morgan fingerprint density at radius 2 is 1.11 bits per heavy atom. The summed E-state index contributed by atoms with van der Waals surface area (Å²) in [7, 11) is 2.16. The largest absolute Gasteiger partial charge is 0.379 e. The Labute approximate surface area is 384 Å². The number of anilines is 10. The molecule has 1 amide bonds. The molecule has 3 aliphatic heterocycles. The topological polar surface area (TPSA) is 154 Å². The molecule has 0 bridgehead atoms. The third kappa shape index (κ3) is 11.6. The molecule has 16 nitrogen and oxygen atoms in total. The van der Waals surface area contributed by atoms with E-state index in [-0.39, 0.29) is 5.91 Å². The highest BCUT2D eigenvalue weighted by molar-refractivity contribution is 7.97. The number of hydrogen-bond acceptors (Lipinski definition) is 16. The van der Waals surface area contributed by atoms with Crippen LogP contribution in [-0.2, 0) is 4.74 Å². The highest BCUT2D eigenvalue weighted by Crippen LogP contribution is 2.29. The minimum absolute atomic E-state index is 0.160. The predicted octanol–water partition coefficient (Wildman–Crippen LogP) is 7.42. The van der Waals surface area contributed by atoms with Gasteiger partial charge in [-0.25, -0.2) is 19.3 Å². The molecular weight excluding hydrogens is 837 g/mol. The summed E-state index contributed by atoms with van der Waals surface area (Å²) in [6.45, 7) is 14.4. The van der Waals surface area contributed by atoms with Gasteiger partial charge < -0.3 is 40.7 Å². The number of ether oxygens (including phenoxy) is 1. The summed E-state index contributed by atoms with van der Waals surface area (Å²) in [4.78, 5) is 40.3. The van der Waals surface area contributed by atoms with Crippen molar-refractivity contribution >= 4 is 75.5 Å². The van der Waals surface area contributed by atoms with Crippen molar-refractivity contribution in [2.45, 2.75) is 18.7 Å². The van der Waals surface area contributed by atoms with E-state index in [0.29, 0.717) is 36.4 Å². The number of hydrogen-bond donors (Lipinski definition) is 5. The summed E-state index contributed by atoms with van der Waals surface area (Å²) in [6, 6.07) is 32.5. The molecule has 65 heavy (non-hydrogen) atoms. The summed E-state index contributed by atoms with van der Waals surface area (Å²) in [5.74, 6) is 2.26. The van der Waals surface area contributed by atoms with E-state index in [4.69, 9.17) is 14.7 Å². The van der Waals surface area contributed by atoms with E-state index in [1.807, 2.05) is 67.5 Å². The van der Waals surface area contributed by atoms with Crippen molar-refractivity contribution < 1.29 is 9.53 Å². The van der Waals surface area contributed by atoms with Gasteiger partial charge in [0.15, 0.2) is 0 Å². The van der Waals surface area contributed by atoms with Crippen molar-refractivity contribution in [2.24, 2.45) is 0 Å². The number of amides is 1. The molecule has 3 saturated heterocycles. The van der Waals surface area contributed by atoms with Gasteiger partial charge in [-0.1, -0.05) is 12.1 Å². The van der Waals surface area contributed by atoms with Crippen LogP contribution in [0.25, 0.3) is 0 Å². The lowest BCUT2D eigenvalue weighted by molar-refractivity contribution is 0.0772. The normalized spacial score (nSPS) is 16.2. The number of carbonyl (C=O) groups excluding carboxylic acids is 1. The smallest absolute Gasteiger partial charge is 0.265 e. The second kappa shape index (κ2) is 20.6. The lowest BCUT2D eigenvalue weighted by atomic mass is 10.2. The zero-order chi connectivity index (χ0) is 44.5. The quantitative estimate of drug-likeness (QED) is 0.0689. The zero-order valence-corrected chi connectivity index (χ0v) is 37.9. The van der Waals surface area contributed by atoms with E-state index in [2.05, 4.69) is 117 Å². The Kier molecular flexibility index (Phi) is 13.8. The molecule has 0 radical (unpaired) electrons. The molecule has 5 heterocycles. The Morgan fingerprint density at radius 1 is 0.585 bits per heavy atom. The summed E-state index contributed by atoms with van der Waals surface area (Å²) < 4.78 is 7.83. The third-order valence-corrected chi connectivity index (χ3v) is 12.7. The van der Waals surface area contributed by atoms with Crippen molar-refractivity contribution in [2.75, 3.05) is 117 Å². The van der Waals surface area contributed by atoms with Crippen LogP contribution in [0.1, 0.15) is 21.5 Å². The molecule has 2 aromatic heterocycles. The molecule has 5 N–H and O–H groups in total. The molecule has 0 atom stereocenters. The number of rotatable bonds is 14. The Bertz CT molecular complexity index is 2540.